The summed E-state index contributed by atoms with van der Waals surface area (Å²) >= 11 is 5.72. The van der Waals surface area contributed by atoms with E-state index in [-0.39, 0.29) is 0 Å². The molecule has 0 saturated heterocycles. The number of methoxy groups -OCH3 is 2. The summed E-state index contributed by atoms with van der Waals surface area (Å²) < 4.78 is 10.3. The third-order valence-electron chi connectivity index (χ3n) is 2.61. The quantitative estimate of drug-likeness (QED) is 0.908. The molecule has 7 heteroatoms. The van der Waals surface area contributed by atoms with E-state index < -0.39 is 6.03 Å². The van der Waals surface area contributed by atoms with Crippen LogP contribution in [0.5, 0.6) is 11.5 Å². The average molecular weight is 308 g/mol. The maximum Gasteiger partial charge on any atom is 0.324 e. The fraction of sp³-hybridized carbons (Fsp3) is 0.143. The van der Waals surface area contributed by atoms with E-state index in [4.69, 9.17) is 21.1 Å². The second-order valence-corrected chi connectivity index (χ2v) is 4.45. The lowest BCUT2D eigenvalue weighted by Crippen LogP contribution is -2.20. The summed E-state index contributed by atoms with van der Waals surface area (Å²) in [5, 5.41) is 5.77. The van der Waals surface area contributed by atoms with Gasteiger partial charge in [-0.1, -0.05) is 11.6 Å². The van der Waals surface area contributed by atoms with Gasteiger partial charge < -0.3 is 14.8 Å². The third-order valence-corrected chi connectivity index (χ3v) is 2.83. The molecule has 2 N–H and O–H groups in total. The van der Waals surface area contributed by atoms with Crippen LogP contribution in [0, 0.1) is 0 Å². The Morgan fingerprint density at radius 3 is 2.48 bits per heavy atom. The number of carbonyl (C=O) groups excluding carboxylic acids is 1. The number of benzene rings is 1. The maximum absolute atomic E-state index is 11.9. The number of hydrogen-bond donors (Lipinski definition) is 2. The van der Waals surface area contributed by atoms with Gasteiger partial charge in [0.05, 0.1) is 19.2 Å². The second-order valence-electron chi connectivity index (χ2n) is 4.01. The predicted molar refractivity (Wildman–Crippen MR) is 81.4 cm³/mol. The van der Waals surface area contributed by atoms with Gasteiger partial charge in [-0.05, 0) is 24.3 Å². The molecule has 0 bridgehead atoms. The average Bonchev–Trinajstić information content (AvgIpc) is 2.49. The van der Waals surface area contributed by atoms with Crippen LogP contribution in [0.2, 0.25) is 5.02 Å². The fourth-order valence-electron chi connectivity index (χ4n) is 1.64. The molecule has 2 aromatic rings. The number of nitrogens with zero attached hydrogens (tertiary/aromatic N) is 1. The highest BCUT2D eigenvalue weighted by molar-refractivity contribution is 6.30. The lowest BCUT2D eigenvalue weighted by Gasteiger charge is -2.11. The summed E-state index contributed by atoms with van der Waals surface area (Å²) in [6, 6.07) is 7.90. The van der Waals surface area contributed by atoms with Crippen molar-refractivity contribution in [2.75, 3.05) is 24.9 Å². The van der Waals surface area contributed by atoms with Crippen LogP contribution in [0.1, 0.15) is 0 Å². The van der Waals surface area contributed by atoms with Gasteiger partial charge in [0.15, 0.2) is 11.5 Å². The van der Waals surface area contributed by atoms with E-state index in [1.807, 2.05) is 0 Å². The topological polar surface area (TPSA) is 72.5 Å². The first-order chi connectivity index (χ1) is 10.1. The van der Waals surface area contributed by atoms with Crippen molar-refractivity contribution in [2.24, 2.45) is 0 Å². The van der Waals surface area contributed by atoms with Gasteiger partial charge in [-0.15, -0.1) is 0 Å². The van der Waals surface area contributed by atoms with Crippen LogP contribution in [-0.4, -0.2) is 25.2 Å². The van der Waals surface area contributed by atoms with E-state index in [1.165, 1.54) is 13.3 Å². The summed E-state index contributed by atoms with van der Waals surface area (Å²) in [6.07, 6.45) is 1.45. The van der Waals surface area contributed by atoms with E-state index >= 15 is 0 Å². The number of ether oxygens (including phenoxy) is 2. The molecule has 1 heterocycles. The number of aromatic nitrogens is 1. The summed E-state index contributed by atoms with van der Waals surface area (Å²) in [5.74, 6) is 1.51. The Bertz CT molecular complexity index is 632. The van der Waals surface area contributed by atoms with E-state index in [2.05, 4.69) is 15.6 Å². The lowest BCUT2D eigenvalue weighted by molar-refractivity contribution is 0.262. The van der Waals surface area contributed by atoms with Gasteiger partial charge in [0.25, 0.3) is 0 Å². The number of hydrogen-bond acceptors (Lipinski definition) is 4. The number of nitrogens with one attached hydrogen (secondary N) is 2. The summed E-state index contributed by atoms with van der Waals surface area (Å²) in [5.41, 5.74) is 0.569. The zero-order valence-corrected chi connectivity index (χ0v) is 12.3. The predicted octanol–water partition coefficient (Wildman–Crippen LogP) is 3.40. The van der Waals surface area contributed by atoms with Crippen LogP contribution < -0.4 is 20.1 Å². The molecule has 1 aromatic carbocycles. The van der Waals surface area contributed by atoms with E-state index in [0.717, 1.165) is 0 Å². The molecule has 0 aliphatic heterocycles. The molecule has 6 nitrogen and oxygen atoms in total. The van der Waals surface area contributed by atoms with Gasteiger partial charge in [0.1, 0.15) is 5.82 Å². The van der Waals surface area contributed by atoms with Crippen molar-refractivity contribution in [3.63, 3.8) is 0 Å². The standard InChI is InChI=1S/C14H14ClN3O3/c1-20-11-5-4-10(7-12(11)21-2)17-14(19)18-13-6-3-9(15)8-16-13/h3-8H,1-2H3,(H2,16,17,18,19). The number of carbonyl (C=O) groups is 1. The minimum Gasteiger partial charge on any atom is -0.493 e. The molecule has 0 unspecified atom stereocenters. The molecule has 0 atom stereocenters. The highest BCUT2D eigenvalue weighted by Gasteiger charge is 2.08. The molecular weight excluding hydrogens is 294 g/mol. The van der Waals surface area contributed by atoms with Gasteiger partial charge in [0.2, 0.25) is 0 Å². The Morgan fingerprint density at radius 2 is 1.86 bits per heavy atom. The highest BCUT2D eigenvalue weighted by Crippen LogP contribution is 2.29. The Hall–Kier alpha value is -2.47. The number of pyridine rings is 1. The SMILES string of the molecule is COc1ccc(NC(=O)Nc2ccc(Cl)cn2)cc1OC. The molecule has 2 amide bonds. The molecule has 0 saturated carbocycles. The molecule has 0 spiro atoms. The van der Waals surface area contributed by atoms with Crippen molar-refractivity contribution in [3.8, 4) is 11.5 Å². The molecule has 110 valence electrons. The van der Waals surface area contributed by atoms with Crippen molar-refractivity contribution in [3.05, 3.63) is 41.6 Å². The van der Waals surface area contributed by atoms with E-state index in [1.54, 1.807) is 37.4 Å². The van der Waals surface area contributed by atoms with E-state index in [0.29, 0.717) is 28.0 Å². The number of halogens is 1. The number of anilines is 2. The van der Waals surface area contributed by atoms with Crippen molar-refractivity contribution in [1.29, 1.82) is 0 Å². The van der Waals surface area contributed by atoms with Gasteiger partial charge >= 0.3 is 6.03 Å². The zero-order chi connectivity index (χ0) is 15.2. The molecule has 2 rings (SSSR count). The second kappa shape index (κ2) is 6.81. The monoisotopic (exact) mass is 307 g/mol. The molecule has 21 heavy (non-hydrogen) atoms. The van der Waals surface area contributed by atoms with Crippen LogP contribution in [0.25, 0.3) is 0 Å². The highest BCUT2D eigenvalue weighted by atomic mass is 35.5. The lowest BCUT2D eigenvalue weighted by atomic mass is 10.3. The van der Waals surface area contributed by atoms with Crippen LogP contribution in [0.15, 0.2) is 36.5 Å². The summed E-state index contributed by atoms with van der Waals surface area (Å²) in [6.45, 7) is 0. The van der Waals surface area contributed by atoms with E-state index in [9.17, 15) is 4.79 Å². The Balaban J connectivity index is 2.04. The number of urea groups is 1. The van der Waals surface area contributed by atoms with Crippen LogP contribution in [-0.2, 0) is 0 Å². The largest absolute Gasteiger partial charge is 0.493 e. The fourth-order valence-corrected chi connectivity index (χ4v) is 1.75. The number of rotatable bonds is 4. The summed E-state index contributed by atoms with van der Waals surface area (Å²) in [7, 11) is 3.07. The molecule has 0 radical (unpaired) electrons. The van der Waals surface area contributed by atoms with Crippen molar-refractivity contribution in [1.82, 2.24) is 4.98 Å². The smallest absolute Gasteiger partial charge is 0.324 e. The first-order valence-electron chi connectivity index (χ1n) is 6.04. The first kappa shape index (κ1) is 14.9. The first-order valence-corrected chi connectivity index (χ1v) is 6.42. The van der Waals surface area contributed by atoms with Gasteiger partial charge in [-0.25, -0.2) is 9.78 Å². The molecule has 0 aliphatic carbocycles. The van der Waals surface area contributed by atoms with Gasteiger partial charge in [-0.2, -0.15) is 0 Å². The van der Waals surface area contributed by atoms with Gasteiger partial charge in [-0.3, -0.25) is 5.32 Å². The van der Waals surface area contributed by atoms with Crippen LogP contribution in [0.3, 0.4) is 0 Å². The Morgan fingerprint density at radius 1 is 1.10 bits per heavy atom. The summed E-state index contributed by atoms with van der Waals surface area (Å²) in [4.78, 5) is 15.8. The minimum atomic E-state index is -0.419. The Labute approximate surface area is 127 Å². The van der Waals surface area contributed by atoms with Crippen LogP contribution in [0.4, 0.5) is 16.3 Å². The Kier molecular flexibility index (Phi) is 4.84. The number of amides is 2. The van der Waals surface area contributed by atoms with Crippen molar-refractivity contribution in [2.45, 2.75) is 0 Å². The normalized spacial score (nSPS) is 9.86. The van der Waals surface area contributed by atoms with Crippen molar-refractivity contribution < 1.29 is 14.3 Å². The molecular formula is C14H14ClN3O3. The third kappa shape index (κ3) is 4.00. The minimum absolute atomic E-state index is 0.400. The van der Waals surface area contributed by atoms with Crippen LogP contribution >= 0.6 is 11.6 Å². The molecule has 0 fully saturated rings. The maximum atomic E-state index is 11.9. The molecule has 0 aliphatic rings. The zero-order valence-electron chi connectivity index (χ0n) is 11.5. The molecule has 1 aromatic heterocycles. The van der Waals surface area contributed by atoms with Gasteiger partial charge in [0, 0.05) is 18.0 Å². The van der Waals surface area contributed by atoms with Crippen molar-refractivity contribution >= 4 is 29.1 Å².